The molecule has 1 fully saturated rings. The summed E-state index contributed by atoms with van der Waals surface area (Å²) in [5, 5.41) is 0. The quantitative estimate of drug-likeness (QED) is 0.369. The number of cyclic esters (lactones) is 1. The molecule has 0 radical (unpaired) electrons. The lowest BCUT2D eigenvalue weighted by Gasteiger charge is -2.27. The zero-order valence-electron chi connectivity index (χ0n) is 20.1. The summed E-state index contributed by atoms with van der Waals surface area (Å²) in [6.07, 6.45) is 3.07. The number of hydrogen-bond donors (Lipinski definition) is 1. The minimum Gasteiger partial charge on any atom is -0.493 e. The minimum atomic E-state index is -0.184. The van der Waals surface area contributed by atoms with Crippen LogP contribution in [0.4, 0.5) is 0 Å². The van der Waals surface area contributed by atoms with E-state index in [9.17, 15) is 4.79 Å². The zero-order valence-corrected chi connectivity index (χ0v) is 20.1. The van der Waals surface area contributed by atoms with Gasteiger partial charge in [0.15, 0.2) is 11.5 Å². The van der Waals surface area contributed by atoms with Crippen LogP contribution in [0, 0.1) is 23.7 Å². The maximum absolute atomic E-state index is 12.2. The molecule has 1 aromatic rings. The maximum Gasteiger partial charge on any atom is 0.309 e. The Hall–Kier alpha value is -1.79. The number of ether oxygens (including phenoxy) is 4. The fourth-order valence-electron chi connectivity index (χ4n) is 4.18. The van der Waals surface area contributed by atoms with Crippen molar-refractivity contribution in [3.8, 4) is 11.5 Å². The summed E-state index contributed by atoms with van der Waals surface area (Å²) < 4.78 is 22.1. The summed E-state index contributed by atoms with van der Waals surface area (Å²) in [7, 11) is 3.34. The van der Waals surface area contributed by atoms with E-state index in [0.29, 0.717) is 25.0 Å². The van der Waals surface area contributed by atoms with Crippen LogP contribution in [0.25, 0.3) is 0 Å². The van der Waals surface area contributed by atoms with Gasteiger partial charge >= 0.3 is 5.97 Å². The van der Waals surface area contributed by atoms with Crippen LogP contribution < -0.4 is 15.2 Å². The van der Waals surface area contributed by atoms with Gasteiger partial charge in [-0.15, -0.1) is 0 Å². The normalized spacial score (nSPS) is 20.7. The average Bonchev–Trinajstić information content (AvgIpc) is 3.13. The second-order valence-corrected chi connectivity index (χ2v) is 9.35. The van der Waals surface area contributed by atoms with Crippen LogP contribution in [0.3, 0.4) is 0 Å². The Labute approximate surface area is 187 Å². The molecule has 1 aromatic carbocycles. The Kier molecular flexibility index (Phi) is 10.1. The summed E-state index contributed by atoms with van der Waals surface area (Å²) in [5.41, 5.74) is 7.72. The van der Waals surface area contributed by atoms with Gasteiger partial charge in [-0.3, -0.25) is 4.79 Å². The van der Waals surface area contributed by atoms with Gasteiger partial charge in [-0.1, -0.05) is 33.8 Å². The molecule has 6 heteroatoms. The molecule has 0 spiro atoms. The molecule has 2 N–H and O–H groups in total. The Morgan fingerprint density at radius 1 is 1.13 bits per heavy atom. The van der Waals surface area contributed by atoms with Crippen molar-refractivity contribution >= 4 is 5.97 Å². The van der Waals surface area contributed by atoms with Gasteiger partial charge in [-0.2, -0.15) is 0 Å². The lowest BCUT2D eigenvalue weighted by Crippen LogP contribution is -2.37. The van der Waals surface area contributed by atoms with E-state index in [0.717, 1.165) is 37.2 Å². The third-order valence-electron chi connectivity index (χ3n) is 6.33. The van der Waals surface area contributed by atoms with E-state index in [-0.39, 0.29) is 30.0 Å². The molecular weight excluding hydrogens is 394 g/mol. The summed E-state index contributed by atoms with van der Waals surface area (Å²) in [6, 6.07) is 5.97. The minimum absolute atomic E-state index is 0.0343. The van der Waals surface area contributed by atoms with Crippen LogP contribution in [0.15, 0.2) is 18.2 Å². The summed E-state index contributed by atoms with van der Waals surface area (Å²) in [4.78, 5) is 12.2. The van der Waals surface area contributed by atoms with Crippen LogP contribution in [0.1, 0.15) is 52.5 Å². The number of carbonyl (C=O) groups excluding carboxylic acids is 1. The van der Waals surface area contributed by atoms with Gasteiger partial charge in [0.25, 0.3) is 0 Å². The van der Waals surface area contributed by atoms with Crippen molar-refractivity contribution in [2.24, 2.45) is 29.4 Å². The van der Waals surface area contributed by atoms with Crippen LogP contribution >= 0.6 is 0 Å². The van der Waals surface area contributed by atoms with Gasteiger partial charge < -0.3 is 24.7 Å². The predicted molar refractivity (Wildman–Crippen MR) is 122 cm³/mol. The second-order valence-electron chi connectivity index (χ2n) is 9.35. The maximum atomic E-state index is 12.2. The molecule has 2 rings (SSSR count). The van der Waals surface area contributed by atoms with Crippen molar-refractivity contribution in [3.63, 3.8) is 0 Å². The van der Waals surface area contributed by atoms with Gasteiger partial charge in [0.2, 0.25) is 0 Å². The van der Waals surface area contributed by atoms with Crippen molar-refractivity contribution in [2.45, 2.75) is 65.5 Å². The molecule has 0 unspecified atom stereocenters. The molecule has 1 heterocycles. The molecule has 0 bridgehead atoms. The Bertz CT molecular complexity index is 690. The van der Waals surface area contributed by atoms with Gasteiger partial charge in [-0.25, -0.2) is 0 Å². The van der Waals surface area contributed by atoms with Crippen molar-refractivity contribution in [3.05, 3.63) is 23.8 Å². The summed E-state index contributed by atoms with van der Waals surface area (Å²) >= 11 is 0. The highest BCUT2D eigenvalue weighted by Crippen LogP contribution is 2.34. The molecule has 1 saturated heterocycles. The first-order valence-corrected chi connectivity index (χ1v) is 11.5. The number of hydrogen-bond acceptors (Lipinski definition) is 6. The average molecular weight is 436 g/mol. The Morgan fingerprint density at radius 2 is 1.87 bits per heavy atom. The van der Waals surface area contributed by atoms with E-state index in [2.05, 4.69) is 39.8 Å². The molecule has 31 heavy (non-hydrogen) atoms. The fraction of sp³-hybridized carbons (Fsp3) is 0.720. The SMILES string of the molecule is COCCCOc1cc(C[C@@H](C[C@H](N)[C@@H]2C[C@@H](C(C)C)C(=O)O2)C(C)C)ccc1OC. The van der Waals surface area contributed by atoms with Gasteiger partial charge in [-0.05, 0) is 54.7 Å². The van der Waals surface area contributed by atoms with E-state index in [1.807, 2.05) is 6.07 Å². The van der Waals surface area contributed by atoms with E-state index in [1.54, 1.807) is 14.2 Å². The molecule has 0 amide bonds. The largest absolute Gasteiger partial charge is 0.493 e. The summed E-state index contributed by atoms with van der Waals surface area (Å²) in [5.74, 6) is 2.48. The standard InChI is InChI=1S/C25H41NO5/c1-16(2)19(14-21(26)23-15-20(17(3)4)25(27)31-23)12-18-8-9-22(29-6)24(13-18)30-11-7-10-28-5/h8-9,13,16-17,19-21,23H,7,10-12,14-15,26H2,1-6H3/t19-,20-,21-,23-/m0/s1. The monoisotopic (exact) mass is 435 g/mol. The number of esters is 1. The van der Waals surface area contributed by atoms with Crippen LogP contribution in [-0.2, 0) is 20.7 Å². The van der Waals surface area contributed by atoms with Crippen molar-refractivity contribution in [1.29, 1.82) is 0 Å². The van der Waals surface area contributed by atoms with Crippen LogP contribution in [0.5, 0.6) is 11.5 Å². The molecule has 0 saturated carbocycles. The molecule has 0 aliphatic carbocycles. The van der Waals surface area contributed by atoms with Crippen LogP contribution in [-0.4, -0.2) is 45.5 Å². The molecule has 0 aromatic heterocycles. The van der Waals surface area contributed by atoms with Crippen LogP contribution in [0.2, 0.25) is 0 Å². The Morgan fingerprint density at radius 3 is 2.45 bits per heavy atom. The van der Waals surface area contributed by atoms with E-state index >= 15 is 0 Å². The van der Waals surface area contributed by atoms with E-state index < -0.39 is 0 Å². The van der Waals surface area contributed by atoms with Crippen molar-refractivity contribution < 1.29 is 23.7 Å². The van der Waals surface area contributed by atoms with Gasteiger partial charge in [0.05, 0.1) is 19.6 Å². The topological polar surface area (TPSA) is 80.0 Å². The zero-order chi connectivity index (χ0) is 23.0. The third-order valence-corrected chi connectivity index (χ3v) is 6.33. The first kappa shape index (κ1) is 25.5. The fourth-order valence-corrected chi connectivity index (χ4v) is 4.18. The molecule has 6 nitrogen and oxygen atoms in total. The first-order chi connectivity index (χ1) is 14.8. The van der Waals surface area contributed by atoms with Crippen molar-refractivity contribution in [1.82, 2.24) is 0 Å². The molecule has 4 atom stereocenters. The lowest BCUT2D eigenvalue weighted by atomic mass is 9.82. The highest BCUT2D eigenvalue weighted by atomic mass is 16.6. The lowest BCUT2D eigenvalue weighted by molar-refractivity contribution is -0.146. The Balaban J connectivity index is 2.03. The number of benzene rings is 1. The molecular formula is C25H41NO5. The highest BCUT2D eigenvalue weighted by molar-refractivity contribution is 5.75. The van der Waals surface area contributed by atoms with Gasteiger partial charge in [0, 0.05) is 26.2 Å². The second kappa shape index (κ2) is 12.3. The first-order valence-electron chi connectivity index (χ1n) is 11.5. The molecule has 1 aliphatic rings. The number of carbonyl (C=O) groups is 1. The molecule has 176 valence electrons. The predicted octanol–water partition coefficient (Wildman–Crippen LogP) is 4.23. The van der Waals surface area contributed by atoms with E-state index in [4.69, 9.17) is 24.7 Å². The van der Waals surface area contributed by atoms with E-state index in [1.165, 1.54) is 5.56 Å². The van der Waals surface area contributed by atoms with Crippen molar-refractivity contribution in [2.75, 3.05) is 27.4 Å². The van der Waals surface area contributed by atoms with Gasteiger partial charge in [0.1, 0.15) is 6.10 Å². The number of rotatable bonds is 13. The number of nitrogens with two attached hydrogens (primary N) is 1. The third kappa shape index (κ3) is 7.39. The number of methoxy groups -OCH3 is 2. The molecule has 1 aliphatic heterocycles. The smallest absolute Gasteiger partial charge is 0.309 e. The highest BCUT2D eigenvalue weighted by Gasteiger charge is 2.39. The summed E-state index contributed by atoms with van der Waals surface area (Å²) in [6.45, 7) is 9.82.